The zero-order valence-electron chi connectivity index (χ0n) is 13.5. The van der Waals surface area contributed by atoms with Gasteiger partial charge in [-0.2, -0.15) is 0 Å². The molecule has 3 atom stereocenters. The molecular weight excluding hydrogens is 232 g/mol. The fourth-order valence-electron chi connectivity index (χ4n) is 4.45. The van der Waals surface area contributed by atoms with E-state index in [1.54, 1.807) is 0 Å². The molecule has 1 heterocycles. The molecule has 1 aliphatic carbocycles. The summed E-state index contributed by atoms with van der Waals surface area (Å²) in [5, 5.41) is 0. The number of likely N-dealkylation sites (tertiary alicyclic amines) is 1. The van der Waals surface area contributed by atoms with E-state index in [0.29, 0.717) is 11.0 Å². The van der Waals surface area contributed by atoms with Crippen molar-refractivity contribution in [1.82, 2.24) is 4.90 Å². The Balaban J connectivity index is 2.12. The summed E-state index contributed by atoms with van der Waals surface area (Å²) in [6, 6.07) is 0. The molecule has 1 aliphatic heterocycles. The number of hydrogen-bond donors (Lipinski definition) is 1. The van der Waals surface area contributed by atoms with Crippen LogP contribution in [0.1, 0.15) is 66.2 Å². The van der Waals surface area contributed by atoms with E-state index in [2.05, 4.69) is 32.6 Å². The highest BCUT2D eigenvalue weighted by Crippen LogP contribution is 2.42. The summed E-state index contributed by atoms with van der Waals surface area (Å²) in [6.07, 6.45) is 8.08. The summed E-state index contributed by atoms with van der Waals surface area (Å²) in [6.45, 7) is 13.1. The fraction of sp³-hybridized carbons (Fsp3) is 1.00. The normalized spacial score (nSPS) is 40.9. The molecule has 0 aromatic rings. The van der Waals surface area contributed by atoms with Crippen molar-refractivity contribution in [2.75, 3.05) is 19.6 Å². The van der Waals surface area contributed by atoms with Gasteiger partial charge in [-0.1, -0.05) is 27.7 Å². The first kappa shape index (κ1) is 15.3. The van der Waals surface area contributed by atoms with Crippen molar-refractivity contribution in [3.63, 3.8) is 0 Å². The van der Waals surface area contributed by atoms with Crippen LogP contribution in [0.2, 0.25) is 0 Å². The molecule has 0 aromatic heterocycles. The molecule has 0 spiro atoms. The molecule has 1 saturated heterocycles. The van der Waals surface area contributed by atoms with Gasteiger partial charge in [-0.15, -0.1) is 0 Å². The summed E-state index contributed by atoms with van der Waals surface area (Å²) >= 11 is 0. The van der Waals surface area contributed by atoms with Crippen molar-refractivity contribution in [3.05, 3.63) is 0 Å². The largest absolute Gasteiger partial charge is 0.329 e. The van der Waals surface area contributed by atoms with Gasteiger partial charge >= 0.3 is 0 Å². The van der Waals surface area contributed by atoms with Crippen molar-refractivity contribution in [3.8, 4) is 0 Å². The van der Waals surface area contributed by atoms with Crippen LogP contribution in [0, 0.1) is 17.3 Å². The van der Waals surface area contributed by atoms with Crippen LogP contribution in [0.25, 0.3) is 0 Å². The Hall–Kier alpha value is -0.0800. The van der Waals surface area contributed by atoms with E-state index in [-0.39, 0.29) is 0 Å². The number of rotatable bonds is 2. The van der Waals surface area contributed by atoms with Gasteiger partial charge < -0.3 is 5.73 Å². The lowest BCUT2D eigenvalue weighted by Gasteiger charge is -2.51. The van der Waals surface area contributed by atoms with E-state index in [0.717, 1.165) is 18.4 Å². The second kappa shape index (κ2) is 5.73. The minimum atomic E-state index is 0.299. The van der Waals surface area contributed by atoms with E-state index < -0.39 is 0 Å². The molecule has 2 fully saturated rings. The summed E-state index contributed by atoms with van der Waals surface area (Å²) in [4.78, 5) is 2.78. The Morgan fingerprint density at radius 3 is 2.47 bits per heavy atom. The lowest BCUT2D eigenvalue weighted by Crippen LogP contribution is -2.60. The Morgan fingerprint density at radius 2 is 1.84 bits per heavy atom. The predicted octanol–water partition coefficient (Wildman–Crippen LogP) is 3.65. The molecule has 0 bridgehead atoms. The highest BCUT2D eigenvalue weighted by molar-refractivity contribution is 5.00. The standard InChI is InChI=1S/C17H34N2/c1-14-6-8-17(13-18,15(2)12-14)19-10-5-7-16(3,4)9-11-19/h14-15H,5-13,18H2,1-4H3. The Bertz CT molecular complexity index is 300. The molecular formula is C17H34N2. The highest BCUT2D eigenvalue weighted by atomic mass is 15.2. The first-order valence-corrected chi connectivity index (χ1v) is 8.35. The maximum atomic E-state index is 6.28. The summed E-state index contributed by atoms with van der Waals surface area (Å²) in [5.74, 6) is 1.64. The summed E-state index contributed by atoms with van der Waals surface area (Å²) in [5.41, 5.74) is 7.10. The fourth-order valence-corrected chi connectivity index (χ4v) is 4.45. The topological polar surface area (TPSA) is 29.3 Å². The molecule has 112 valence electrons. The molecule has 2 aliphatic rings. The Labute approximate surface area is 120 Å². The van der Waals surface area contributed by atoms with Crippen molar-refractivity contribution in [2.45, 2.75) is 71.8 Å². The maximum Gasteiger partial charge on any atom is 0.0357 e. The van der Waals surface area contributed by atoms with Gasteiger partial charge in [0.15, 0.2) is 0 Å². The summed E-state index contributed by atoms with van der Waals surface area (Å²) < 4.78 is 0. The molecule has 0 aromatic carbocycles. The zero-order chi connectivity index (χ0) is 14.1. The van der Waals surface area contributed by atoms with Crippen LogP contribution in [0.15, 0.2) is 0 Å². The minimum absolute atomic E-state index is 0.299. The van der Waals surface area contributed by atoms with E-state index in [1.807, 2.05) is 0 Å². The van der Waals surface area contributed by atoms with Crippen molar-refractivity contribution < 1.29 is 0 Å². The molecule has 2 rings (SSSR count). The second-order valence-electron chi connectivity index (χ2n) is 8.09. The first-order valence-electron chi connectivity index (χ1n) is 8.35. The summed E-state index contributed by atoms with van der Waals surface area (Å²) in [7, 11) is 0. The lowest BCUT2D eigenvalue weighted by atomic mass is 9.69. The van der Waals surface area contributed by atoms with E-state index in [4.69, 9.17) is 5.73 Å². The maximum absolute atomic E-state index is 6.28. The van der Waals surface area contributed by atoms with Crippen molar-refractivity contribution in [2.24, 2.45) is 23.0 Å². The number of nitrogens with two attached hydrogens (primary N) is 1. The monoisotopic (exact) mass is 266 g/mol. The van der Waals surface area contributed by atoms with Gasteiger partial charge in [0, 0.05) is 12.1 Å². The number of hydrogen-bond acceptors (Lipinski definition) is 2. The lowest BCUT2D eigenvalue weighted by molar-refractivity contribution is 0.000382. The third kappa shape index (κ3) is 3.16. The molecule has 0 radical (unpaired) electrons. The molecule has 1 saturated carbocycles. The van der Waals surface area contributed by atoms with Gasteiger partial charge in [-0.3, -0.25) is 4.90 Å². The van der Waals surface area contributed by atoms with Gasteiger partial charge in [-0.05, 0) is 68.9 Å². The molecule has 0 amide bonds. The average molecular weight is 266 g/mol. The third-order valence-electron chi connectivity index (χ3n) is 6.07. The van der Waals surface area contributed by atoms with Crippen LogP contribution in [0.4, 0.5) is 0 Å². The second-order valence-corrected chi connectivity index (χ2v) is 8.09. The zero-order valence-corrected chi connectivity index (χ0v) is 13.5. The number of nitrogens with zero attached hydrogens (tertiary/aromatic N) is 1. The minimum Gasteiger partial charge on any atom is -0.329 e. The van der Waals surface area contributed by atoms with Gasteiger partial charge in [0.05, 0.1) is 0 Å². The van der Waals surface area contributed by atoms with E-state index in [1.165, 1.54) is 51.6 Å². The predicted molar refractivity (Wildman–Crippen MR) is 83.2 cm³/mol. The van der Waals surface area contributed by atoms with Crippen molar-refractivity contribution >= 4 is 0 Å². The highest BCUT2D eigenvalue weighted by Gasteiger charge is 2.44. The Kier molecular flexibility index (Phi) is 4.62. The van der Waals surface area contributed by atoms with Gasteiger partial charge in [-0.25, -0.2) is 0 Å². The van der Waals surface area contributed by atoms with Crippen LogP contribution in [0.5, 0.6) is 0 Å². The quantitative estimate of drug-likeness (QED) is 0.826. The third-order valence-corrected chi connectivity index (χ3v) is 6.07. The SMILES string of the molecule is CC1CCC(CN)(N2CCCC(C)(C)CC2)C(C)C1. The smallest absolute Gasteiger partial charge is 0.0357 e. The molecule has 2 N–H and O–H groups in total. The molecule has 19 heavy (non-hydrogen) atoms. The van der Waals surface area contributed by atoms with Crippen molar-refractivity contribution in [1.29, 1.82) is 0 Å². The average Bonchev–Trinajstić information content (AvgIpc) is 2.52. The molecule has 2 heteroatoms. The van der Waals surface area contributed by atoms with E-state index in [9.17, 15) is 0 Å². The van der Waals surface area contributed by atoms with Gasteiger partial charge in [0.2, 0.25) is 0 Å². The molecule has 3 unspecified atom stereocenters. The van der Waals surface area contributed by atoms with Crippen LogP contribution < -0.4 is 5.73 Å². The van der Waals surface area contributed by atoms with Gasteiger partial charge in [0.1, 0.15) is 0 Å². The Morgan fingerprint density at radius 1 is 1.11 bits per heavy atom. The first-order chi connectivity index (χ1) is 8.89. The van der Waals surface area contributed by atoms with Crippen LogP contribution in [-0.4, -0.2) is 30.1 Å². The van der Waals surface area contributed by atoms with Gasteiger partial charge in [0.25, 0.3) is 0 Å². The van der Waals surface area contributed by atoms with E-state index >= 15 is 0 Å². The van der Waals surface area contributed by atoms with Crippen LogP contribution in [-0.2, 0) is 0 Å². The van der Waals surface area contributed by atoms with Crippen LogP contribution >= 0.6 is 0 Å². The molecule has 2 nitrogen and oxygen atoms in total. The van der Waals surface area contributed by atoms with Crippen LogP contribution in [0.3, 0.4) is 0 Å².